The average Bonchev–Trinajstić information content (AvgIpc) is 3.03. The Hall–Kier alpha value is -2.73. The van der Waals surface area contributed by atoms with Gasteiger partial charge in [-0.3, -0.25) is 14.5 Å². The van der Waals surface area contributed by atoms with E-state index in [1.165, 1.54) is 17.0 Å². The van der Waals surface area contributed by atoms with Crippen LogP contribution in [0, 0.1) is 5.82 Å². The van der Waals surface area contributed by atoms with Gasteiger partial charge in [0.05, 0.1) is 24.8 Å². The molecule has 4 rings (SSSR count). The summed E-state index contributed by atoms with van der Waals surface area (Å²) in [5.41, 5.74) is 1.70. The van der Waals surface area contributed by atoms with Crippen LogP contribution < -0.4 is 9.64 Å². The van der Waals surface area contributed by atoms with Crippen LogP contribution in [0.25, 0.3) is 0 Å². The van der Waals surface area contributed by atoms with Crippen LogP contribution >= 0.6 is 0 Å². The van der Waals surface area contributed by atoms with Crippen molar-refractivity contribution in [3.63, 3.8) is 0 Å². The van der Waals surface area contributed by atoms with Crippen molar-refractivity contribution in [2.45, 2.75) is 38.1 Å². The van der Waals surface area contributed by atoms with Gasteiger partial charge in [-0.25, -0.2) is 9.29 Å². The Morgan fingerprint density at radius 1 is 1.07 bits per heavy atom. The Morgan fingerprint density at radius 2 is 1.79 bits per heavy atom. The van der Waals surface area contributed by atoms with Crippen molar-refractivity contribution in [1.29, 1.82) is 0 Å². The maximum absolute atomic E-state index is 13.2. The molecule has 5 nitrogen and oxygen atoms in total. The normalized spacial score (nSPS) is 21.0. The molecule has 0 spiro atoms. The number of benzene rings is 2. The molecular formula is C23H25FN2O3. The molecule has 2 aliphatic rings. The fourth-order valence-corrected chi connectivity index (χ4v) is 4.33. The zero-order valence-corrected chi connectivity index (χ0v) is 16.5. The van der Waals surface area contributed by atoms with Gasteiger partial charge >= 0.3 is 0 Å². The number of ether oxygens (including phenoxy) is 1. The molecule has 0 saturated carbocycles. The number of hydrogen-bond donors (Lipinski definition) is 0. The molecule has 0 N–H and O–H groups in total. The van der Waals surface area contributed by atoms with E-state index in [-0.39, 0.29) is 24.1 Å². The molecule has 0 unspecified atom stereocenters. The van der Waals surface area contributed by atoms with E-state index in [0.717, 1.165) is 31.5 Å². The van der Waals surface area contributed by atoms with Gasteiger partial charge in [-0.15, -0.1) is 0 Å². The fourth-order valence-electron chi connectivity index (χ4n) is 4.33. The Labute approximate surface area is 170 Å². The maximum atomic E-state index is 13.2. The summed E-state index contributed by atoms with van der Waals surface area (Å²) in [5.74, 6) is 0.445. The Kier molecular flexibility index (Phi) is 5.62. The summed E-state index contributed by atoms with van der Waals surface area (Å²) in [4.78, 5) is 29.1. The summed E-state index contributed by atoms with van der Waals surface area (Å²) in [7, 11) is 0. The number of anilines is 1. The molecule has 1 atom stereocenters. The highest BCUT2D eigenvalue weighted by Crippen LogP contribution is 2.33. The smallest absolute Gasteiger partial charge is 0.251 e. The summed E-state index contributed by atoms with van der Waals surface area (Å²) in [6.45, 7) is 3.92. The SMILES string of the molecule is CCOc1cccc(N2C(=O)C[C@H](N3CCC(c4ccc(F)cc4)CC3)C2=O)c1. The van der Waals surface area contributed by atoms with Gasteiger partial charge in [0, 0.05) is 6.07 Å². The summed E-state index contributed by atoms with van der Waals surface area (Å²) in [6.07, 6.45) is 1.99. The lowest BCUT2D eigenvalue weighted by Crippen LogP contribution is -2.45. The molecule has 2 heterocycles. The van der Waals surface area contributed by atoms with Crippen molar-refractivity contribution in [3.8, 4) is 5.75 Å². The number of carbonyl (C=O) groups is 2. The second-order valence-corrected chi connectivity index (χ2v) is 7.58. The third kappa shape index (κ3) is 4.03. The van der Waals surface area contributed by atoms with Gasteiger partial charge in [0.2, 0.25) is 5.91 Å². The molecular weight excluding hydrogens is 371 g/mol. The first-order chi connectivity index (χ1) is 14.1. The average molecular weight is 396 g/mol. The van der Waals surface area contributed by atoms with Crippen LogP contribution in [0.2, 0.25) is 0 Å². The maximum Gasteiger partial charge on any atom is 0.251 e. The molecule has 2 aromatic rings. The lowest BCUT2D eigenvalue weighted by molar-refractivity contribution is -0.123. The minimum atomic E-state index is -0.410. The number of imide groups is 1. The van der Waals surface area contributed by atoms with E-state index in [9.17, 15) is 14.0 Å². The number of nitrogens with zero attached hydrogens (tertiary/aromatic N) is 2. The van der Waals surface area contributed by atoms with Crippen LogP contribution in [-0.4, -0.2) is 42.5 Å². The first kappa shape index (κ1) is 19.6. The van der Waals surface area contributed by atoms with Gasteiger partial charge < -0.3 is 4.74 Å². The topological polar surface area (TPSA) is 49.9 Å². The summed E-state index contributed by atoms with van der Waals surface area (Å²) < 4.78 is 18.7. The standard InChI is InChI=1S/C23H25FN2O3/c1-2-29-20-5-3-4-19(14-20)26-22(27)15-21(23(26)28)25-12-10-17(11-13-25)16-6-8-18(24)9-7-16/h3-9,14,17,21H,2,10-13,15H2,1H3/t21-/m0/s1. The number of hydrogen-bond acceptors (Lipinski definition) is 4. The monoisotopic (exact) mass is 396 g/mol. The van der Waals surface area contributed by atoms with E-state index >= 15 is 0 Å². The van der Waals surface area contributed by atoms with E-state index < -0.39 is 6.04 Å². The van der Waals surface area contributed by atoms with Gasteiger partial charge in [-0.05, 0) is 68.6 Å². The zero-order chi connectivity index (χ0) is 20.4. The highest BCUT2D eigenvalue weighted by molar-refractivity contribution is 6.22. The van der Waals surface area contributed by atoms with E-state index in [1.807, 2.05) is 25.1 Å². The second kappa shape index (κ2) is 8.33. The Balaban J connectivity index is 1.43. The van der Waals surface area contributed by atoms with Crippen LogP contribution in [0.1, 0.15) is 37.7 Å². The summed E-state index contributed by atoms with van der Waals surface area (Å²) >= 11 is 0. The largest absolute Gasteiger partial charge is 0.494 e. The first-order valence-corrected chi connectivity index (χ1v) is 10.2. The van der Waals surface area contributed by atoms with Gasteiger partial charge in [-0.1, -0.05) is 18.2 Å². The molecule has 2 saturated heterocycles. The van der Waals surface area contributed by atoms with Gasteiger partial charge in [0.1, 0.15) is 11.6 Å². The van der Waals surface area contributed by atoms with Crippen molar-refractivity contribution in [2.75, 3.05) is 24.6 Å². The van der Waals surface area contributed by atoms with Crippen molar-refractivity contribution in [2.24, 2.45) is 0 Å². The van der Waals surface area contributed by atoms with E-state index in [1.54, 1.807) is 18.2 Å². The summed E-state index contributed by atoms with van der Waals surface area (Å²) in [6, 6.07) is 13.4. The molecule has 0 aromatic heterocycles. The van der Waals surface area contributed by atoms with Crippen LogP contribution in [0.5, 0.6) is 5.75 Å². The molecule has 2 amide bonds. The molecule has 2 fully saturated rings. The van der Waals surface area contributed by atoms with Crippen molar-refractivity contribution >= 4 is 17.5 Å². The molecule has 2 aliphatic heterocycles. The van der Waals surface area contributed by atoms with Gasteiger partial charge in [0.15, 0.2) is 0 Å². The highest BCUT2D eigenvalue weighted by Gasteiger charge is 2.43. The second-order valence-electron chi connectivity index (χ2n) is 7.58. The molecule has 0 bridgehead atoms. The van der Waals surface area contributed by atoms with E-state index in [0.29, 0.717) is 24.0 Å². The molecule has 0 radical (unpaired) electrons. The molecule has 2 aromatic carbocycles. The third-order valence-electron chi connectivity index (χ3n) is 5.82. The van der Waals surface area contributed by atoms with E-state index in [4.69, 9.17) is 4.74 Å². The van der Waals surface area contributed by atoms with E-state index in [2.05, 4.69) is 4.90 Å². The Bertz CT molecular complexity index is 891. The van der Waals surface area contributed by atoms with Crippen molar-refractivity contribution in [3.05, 3.63) is 59.9 Å². The van der Waals surface area contributed by atoms with Crippen LogP contribution in [0.4, 0.5) is 10.1 Å². The minimum Gasteiger partial charge on any atom is -0.494 e. The quantitative estimate of drug-likeness (QED) is 0.723. The van der Waals surface area contributed by atoms with Crippen LogP contribution in [0.15, 0.2) is 48.5 Å². The Morgan fingerprint density at radius 3 is 2.48 bits per heavy atom. The zero-order valence-electron chi connectivity index (χ0n) is 16.5. The lowest BCUT2D eigenvalue weighted by Gasteiger charge is -2.35. The number of carbonyl (C=O) groups excluding carboxylic acids is 2. The molecule has 0 aliphatic carbocycles. The lowest BCUT2D eigenvalue weighted by atomic mass is 9.89. The third-order valence-corrected chi connectivity index (χ3v) is 5.82. The van der Waals surface area contributed by atoms with Gasteiger partial charge in [0.25, 0.3) is 5.91 Å². The number of piperidine rings is 1. The molecule has 29 heavy (non-hydrogen) atoms. The van der Waals surface area contributed by atoms with Crippen molar-refractivity contribution in [1.82, 2.24) is 4.90 Å². The summed E-state index contributed by atoms with van der Waals surface area (Å²) in [5, 5.41) is 0. The molecule has 6 heteroatoms. The van der Waals surface area contributed by atoms with Crippen molar-refractivity contribution < 1.29 is 18.7 Å². The number of likely N-dealkylation sites (tertiary alicyclic amines) is 1. The fraction of sp³-hybridized carbons (Fsp3) is 0.391. The minimum absolute atomic E-state index is 0.163. The van der Waals surface area contributed by atoms with Crippen LogP contribution in [-0.2, 0) is 9.59 Å². The predicted octanol–water partition coefficient (Wildman–Crippen LogP) is 3.74. The highest BCUT2D eigenvalue weighted by atomic mass is 19.1. The number of rotatable bonds is 5. The first-order valence-electron chi connectivity index (χ1n) is 10.2. The van der Waals surface area contributed by atoms with Gasteiger partial charge in [-0.2, -0.15) is 0 Å². The molecule has 152 valence electrons. The number of halogens is 1. The predicted molar refractivity (Wildman–Crippen MR) is 108 cm³/mol. The van der Waals surface area contributed by atoms with Crippen LogP contribution in [0.3, 0.4) is 0 Å². The number of amides is 2.